The quantitative estimate of drug-likeness (QED) is 0.468. The second-order valence-electron chi connectivity index (χ2n) is 2.24. The van der Waals surface area contributed by atoms with E-state index in [9.17, 15) is 19.8 Å². The summed E-state index contributed by atoms with van der Waals surface area (Å²) in [4.78, 5) is 26.0. The van der Waals surface area contributed by atoms with Crippen molar-refractivity contribution in [1.29, 1.82) is 0 Å². The van der Waals surface area contributed by atoms with Crippen LogP contribution in [0.5, 0.6) is 0 Å². The van der Waals surface area contributed by atoms with Crippen LogP contribution in [0.15, 0.2) is 34.3 Å². The number of rotatable bonds is 0. The maximum Gasteiger partial charge on any atom is 2.00 e. The third kappa shape index (κ3) is 5.00. The molecule has 0 aromatic heterocycles. The van der Waals surface area contributed by atoms with Crippen molar-refractivity contribution in [2.75, 3.05) is 0 Å². The van der Waals surface area contributed by atoms with E-state index < -0.39 is 23.6 Å². The molecule has 0 radical (unpaired) electrons. The van der Waals surface area contributed by atoms with Crippen LogP contribution in [0, 0.1) is 0 Å². The molecule has 2 rings (SSSR count). The third-order valence-corrected chi connectivity index (χ3v) is 1.18. The van der Waals surface area contributed by atoms with Gasteiger partial charge in [0.2, 0.25) is 0 Å². The summed E-state index contributed by atoms with van der Waals surface area (Å²) in [6.45, 7) is 0. The zero-order chi connectivity index (χ0) is 10.6. The van der Waals surface area contributed by atoms with Crippen molar-refractivity contribution in [3.63, 3.8) is 0 Å². The zero-order valence-corrected chi connectivity index (χ0v) is 8.71. The summed E-state index contributed by atoms with van der Waals surface area (Å²) in [7, 11) is 0. The van der Waals surface area contributed by atoms with E-state index in [-0.39, 0.29) is 20.4 Å². The number of aliphatic imine (C=N–C) groups is 2. The molecule has 7 heteroatoms. The number of amides is 2. The minimum atomic E-state index is -0.454. The van der Waals surface area contributed by atoms with Gasteiger partial charge in [-0.2, -0.15) is 0 Å². The Kier molecular flexibility index (Phi) is 5.38. The SMILES string of the molecule is O=C1C=CC([O-])=N1.O=C1C=CC([O-])=N1.[Pd+2]. The van der Waals surface area contributed by atoms with Gasteiger partial charge in [-0.25, -0.2) is 9.98 Å². The molecule has 2 aliphatic rings. The molecular weight excluding hydrogens is 295 g/mol. The van der Waals surface area contributed by atoms with Crippen LogP contribution < -0.4 is 10.2 Å². The van der Waals surface area contributed by atoms with Crippen molar-refractivity contribution in [2.45, 2.75) is 0 Å². The molecule has 0 aromatic rings. The summed E-state index contributed by atoms with van der Waals surface area (Å²) in [5.41, 5.74) is 0. The minimum absolute atomic E-state index is 0. The predicted octanol–water partition coefficient (Wildman–Crippen LogP) is -2.32. The molecule has 80 valence electrons. The first-order chi connectivity index (χ1) is 6.58. The van der Waals surface area contributed by atoms with E-state index in [1.165, 1.54) is 0 Å². The Bertz CT molecular complexity index is 357. The maximum atomic E-state index is 9.98. The van der Waals surface area contributed by atoms with E-state index in [2.05, 4.69) is 9.98 Å². The van der Waals surface area contributed by atoms with Gasteiger partial charge in [0.15, 0.2) is 0 Å². The fourth-order valence-corrected chi connectivity index (χ4v) is 0.651. The van der Waals surface area contributed by atoms with Crippen LogP contribution in [0.1, 0.15) is 0 Å². The molecule has 0 unspecified atom stereocenters. The maximum absolute atomic E-state index is 9.98. The molecule has 0 saturated heterocycles. The van der Waals surface area contributed by atoms with E-state index in [0.29, 0.717) is 0 Å². The average Bonchev–Trinajstić information content (AvgIpc) is 2.63. The van der Waals surface area contributed by atoms with E-state index in [4.69, 9.17) is 0 Å². The molecule has 6 nitrogen and oxygen atoms in total. The summed E-state index contributed by atoms with van der Waals surface area (Å²) >= 11 is 0. The summed E-state index contributed by atoms with van der Waals surface area (Å²) in [6.07, 6.45) is 4.56. The average molecular weight is 299 g/mol. The van der Waals surface area contributed by atoms with Crippen molar-refractivity contribution in [3.8, 4) is 0 Å². The monoisotopic (exact) mass is 298 g/mol. The number of carbonyl (C=O) groups is 2. The Morgan fingerprint density at radius 3 is 1.20 bits per heavy atom. The summed E-state index contributed by atoms with van der Waals surface area (Å²) in [5, 5.41) is 20.0. The summed E-state index contributed by atoms with van der Waals surface area (Å²) < 4.78 is 0. The van der Waals surface area contributed by atoms with Crippen molar-refractivity contribution in [2.24, 2.45) is 9.98 Å². The van der Waals surface area contributed by atoms with Crippen molar-refractivity contribution >= 4 is 23.6 Å². The number of carbonyl (C=O) groups excluding carboxylic acids is 2. The van der Waals surface area contributed by atoms with Crippen molar-refractivity contribution < 1.29 is 40.2 Å². The van der Waals surface area contributed by atoms with Gasteiger partial charge in [0, 0.05) is 12.2 Å². The number of hydrogen-bond acceptors (Lipinski definition) is 4. The van der Waals surface area contributed by atoms with E-state index in [1.807, 2.05) is 0 Å². The first kappa shape index (κ1) is 13.4. The van der Waals surface area contributed by atoms with Crippen LogP contribution in [0.2, 0.25) is 0 Å². The van der Waals surface area contributed by atoms with Crippen LogP contribution in [-0.4, -0.2) is 23.6 Å². The molecule has 0 aliphatic carbocycles. The molecule has 2 amide bonds. The second-order valence-corrected chi connectivity index (χ2v) is 2.24. The van der Waals surface area contributed by atoms with Crippen molar-refractivity contribution in [3.05, 3.63) is 24.3 Å². The predicted molar refractivity (Wildman–Crippen MR) is 43.2 cm³/mol. The molecule has 2 aliphatic heterocycles. The first-order valence-corrected chi connectivity index (χ1v) is 3.53. The molecule has 0 bridgehead atoms. The van der Waals surface area contributed by atoms with Crippen LogP contribution in [0.4, 0.5) is 0 Å². The third-order valence-electron chi connectivity index (χ3n) is 1.18. The van der Waals surface area contributed by atoms with Gasteiger partial charge in [-0.15, -0.1) is 0 Å². The Hall–Kier alpha value is -1.58. The van der Waals surface area contributed by atoms with Crippen LogP contribution >= 0.6 is 0 Å². The van der Waals surface area contributed by atoms with E-state index in [0.717, 1.165) is 24.3 Å². The van der Waals surface area contributed by atoms with Gasteiger partial charge in [-0.3, -0.25) is 9.59 Å². The number of hydrogen-bond donors (Lipinski definition) is 0. The molecule has 0 fully saturated rings. The largest absolute Gasteiger partial charge is 2.00 e. The topological polar surface area (TPSA) is 105 Å². The summed E-state index contributed by atoms with van der Waals surface area (Å²) in [6, 6.07) is 0. The van der Waals surface area contributed by atoms with Crippen LogP contribution in [0.25, 0.3) is 0 Å². The first-order valence-electron chi connectivity index (χ1n) is 3.53. The molecule has 0 aromatic carbocycles. The molecule has 0 atom stereocenters. The van der Waals surface area contributed by atoms with Gasteiger partial charge >= 0.3 is 20.4 Å². The minimum Gasteiger partial charge on any atom is -0.859 e. The van der Waals surface area contributed by atoms with Gasteiger partial charge < -0.3 is 10.2 Å². The molecular formula is C8H4N2O4Pd. The molecule has 2 heterocycles. The smallest absolute Gasteiger partial charge is 0.859 e. The Balaban J connectivity index is 0.000000245. The zero-order valence-electron chi connectivity index (χ0n) is 7.15. The number of nitrogens with zero attached hydrogens (tertiary/aromatic N) is 2. The Morgan fingerprint density at radius 2 is 1.13 bits per heavy atom. The Labute approximate surface area is 98.4 Å². The van der Waals surface area contributed by atoms with Crippen LogP contribution in [-0.2, 0) is 30.0 Å². The van der Waals surface area contributed by atoms with Gasteiger partial charge in [0.25, 0.3) is 11.8 Å². The molecule has 0 saturated carbocycles. The van der Waals surface area contributed by atoms with E-state index >= 15 is 0 Å². The van der Waals surface area contributed by atoms with Gasteiger partial charge in [-0.05, 0) is 23.9 Å². The normalized spacial score (nSPS) is 16.5. The standard InChI is InChI=1S/2C4H3NO2.Pd/c2*6-3-1-2-4(7)5-3;/h2*1-2H,(H,5,6,7);/q;;+2/p-2. The molecule has 15 heavy (non-hydrogen) atoms. The fourth-order valence-electron chi connectivity index (χ4n) is 0.651. The second kappa shape index (κ2) is 6.01. The van der Waals surface area contributed by atoms with Crippen molar-refractivity contribution in [1.82, 2.24) is 0 Å². The molecule has 0 spiro atoms. The van der Waals surface area contributed by atoms with Gasteiger partial charge in [-0.1, -0.05) is 0 Å². The van der Waals surface area contributed by atoms with Gasteiger partial charge in [0.05, 0.1) is 0 Å². The van der Waals surface area contributed by atoms with Gasteiger partial charge in [0.1, 0.15) is 0 Å². The summed E-state index contributed by atoms with van der Waals surface area (Å²) in [5.74, 6) is -1.81. The molecule has 0 N–H and O–H groups in total. The van der Waals surface area contributed by atoms with E-state index in [1.54, 1.807) is 0 Å². The fraction of sp³-hybridized carbons (Fsp3) is 0. The van der Waals surface area contributed by atoms with Crippen LogP contribution in [0.3, 0.4) is 0 Å². The Morgan fingerprint density at radius 1 is 0.800 bits per heavy atom.